The summed E-state index contributed by atoms with van der Waals surface area (Å²) in [6, 6.07) is 5.21. The third-order valence-electron chi connectivity index (χ3n) is 2.81. The smallest absolute Gasteiger partial charge is 0.269 e. The minimum Gasteiger partial charge on any atom is -0.386 e. The van der Waals surface area contributed by atoms with Crippen LogP contribution in [0.3, 0.4) is 0 Å². The lowest BCUT2D eigenvalue weighted by Crippen LogP contribution is -2.30. The number of hydrogen-bond acceptors (Lipinski definition) is 4. The summed E-state index contributed by atoms with van der Waals surface area (Å²) in [5, 5.41) is 16.9. The minimum absolute atomic E-state index is 0.142. The average molecular weight is 314 g/mol. The summed E-state index contributed by atoms with van der Waals surface area (Å²) in [5.74, 6) is -0.242. The Morgan fingerprint density at radius 2 is 2.35 bits per heavy atom. The number of aromatic nitrogens is 2. The maximum Gasteiger partial charge on any atom is 0.269 e. The molecule has 2 N–H and O–H groups in total. The highest BCUT2D eigenvalue weighted by atomic mass is 35.5. The predicted octanol–water partition coefficient (Wildman–Crippen LogP) is 2.39. The number of nitrogens with zero attached hydrogens (tertiary/aromatic N) is 2. The van der Waals surface area contributed by atoms with Gasteiger partial charge in [0, 0.05) is 18.0 Å². The normalized spacial score (nSPS) is 12.4. The number of aliphatic hydroxyl groups excluding tert-OH is 1. The number of aryl methyl sites for hydroxylation is 2. The SMILES string of the molecule is CCn1nc(C)cc1C(=O)NCC(O)c1ccc(Cl)s1. The van der Waals surface area contributed by atoms with E-state index in [-0.39, 0.29) is 12.5 Å². The third-order valence-corrected chi connectivity index (χ3v) is 4.15. The molecule has 108 valence electrons. The van der Waals surface area contributed by atoms with Gasteiger partial charge < -0.3 is 10.4 Å². The number of aliphatic hydroxyl groups is 1. The first-order valence-electron chi connectivity index (χ1n) is 6.27. The van der Waals surface area contributed by atoms with Gasteiger partial charge in [-0.1, -0.05) is 11.6 Å². The first kappa shape index (κ1) is 15.0. The van der Waals surface area contributed by atoms with Gasteiger partial charge in [-0.2, -0.15) is 5.10 Å². The molecule has 0 radical (unpaired) electrons. The van der Waals surface area contributed by atoms with Gasteiger partial charge >= 0.3 is 0 Å². The van der Waals surface area contributed by atoms with Crippen LogP contribution in [0.1, 0.15) is 34.1 Å². The van der Waals surface area contributed by atoms with Gasteiger partial charge in [-0.15, -0.1) is 11.3 Å². The predicted molar refractivity (Wildman–Crippen MR) is 79.3 cm³/mol. The van der Waals surface area contributed by atoms with Crippen molar-refractivity contribution in [1.29, 1.82) is 0 Å². The summed E-state index contributed by atoms with van der Waals surface area (Å²) in [7, 11) is 0. The Morgan fingerprint density at radius 1 is 1.60 bits per heavy atom. The molecule has 0 aliphatic carbocycles. The lowest BCUT2D eigenvalue weighted by Gasteiger charge is -2.10. The quantitative estimate of drug-likeness (QED) is 0.890. The van der Waals surface area contributed by atoms with E-state index in [0.29, 0.717) is 16.6 Å². The van der Waals surface area contributed by atoms with E-state index < -0.39 is 6.10 Å². The molecule has 0 aliphatic rings. The molecule has 1 amide bonds. The van der Waals surface area contributed by atoms with Crippen molar-refractivity contribution >= 4 is 28.8 Å². The minimum atomic E-state index is -0.754. The van der Waals surface area contributed by atoms with Gasteiger partial charge in [0.25, 0.3) is 5.91 Å². The van der Waals surface area contributed by atoms with Crippen molar-refractivity contribution < 1.29 is 9.90 Å². The maximum absolute atomic E-state index is 12.1. The molecule has 1 atom stereocenters. The van der Waals surface area contributed by atoms with Crippen LogP contribution < -0.4 is 5.32 Å². The molecular weight excluding hydrogens is 298 g/mol. The monoisotopic (exact) mass is 313 g/mol. The second kappa shape index (κ2) is 6.39. The zero-order valence-electron chi connectivity index (χ0n) is 11.3. The summed E-state index contributed by atoms with van der Waals surface area (Å²) in [6.07, 6.45) is -0.754. The second-order valence-corrected chi connectivity index (χ2v) is 6.10. The van der Waals surface area contributed by atoms with Gasteiger partial charge in [-0.25, -0.2) is 0 Å². The zero-order valence-corrected chi connectivity index (χ0v) is 12.8. The number of nitrogens with one attached hydrogen (secondary N) is 1. The van der Waals surface area contributed by atoms with E-state index in [2.05, 4.69) is 10.4 Å². The highest BCUT2D eigenvalue weighted by molar-refractivity contribution is 7.16. The summed E-state index contributed by atoms with van der Waals surface area (Å²) in [4.78, 5) is 12.8. The molecule has 0 aromatic carbocycles. The van der Waals surface area contributed by atoms with Crippen LogP contribution in [0.15, 0.2) is 18.2 Å². The number of carbonyl (C=O) groups is 1. The number of amides is 1. The molecule has 2 heterocycles. The first-order chi connectivity index (χ1) is 9.51. The summed E-state index contributed by atoms with van der Waals surface area (Å²) < 4.78 is 2.25. The van der Waals surface area contributed by atoms with E-state index in [1.165, 1.54) is 11.3 Å². The van der Waals surface area contributed by atoms with Crippen molar-refractivity contribution in [2.75, 3.05) is 6.54 Å². The topological polar surface area (TPSA) is 67.2 Å². The Morgan fingerprint density at radius 3 is 2.95 bits per heavy atom. The standard InChI is InChI=1S/C13H16ClN3O2S/c1-3-17-9(6-8(2)16-17)13(19)15-7-10(18)11-4-5-12(14)20-11/h4-6,10,18H,3,7H2,1-2H3,(H,15,19). The van der Waals surface area contributed by atoms with Gasteiger partial charge in [0.15, 0.2) is 0 Å². The molecule has 2 rings (SSSR count). The van der Waals surface area contributed by atoms with Crippen molar-refractivity contribution in [2.45, 2.75) is 26.5 Å². The lowest BCUT2D eigenvalue weighted by atomic mass is 10.3. The Balaban J connectivity index is 1.98. The molecule has 2 aromatic heterocycles. The fourth-order valence-electron chi connectivity index (χ4n) is 1.86. The Hall–Kier alpha value is -1.37. The van der Waals surface area contributed by atoms with Crippen LogP contribution in [0.2, 0.25) is 4.34 Å². The van der Waals surface area contributed by atoms with Gasteiger partial charge in [0.1, 0.15) is 11.8 Å². The highest BCUT2D eigenvalue weighted by Crippen LogP contribution is 2.26. The fraction of sp³-hybridized carbons (Fsp3) is 0.385. The molecule has 7 heteroatoms. The van der Waals surface area contributed by atoms with Crippen LogP contribution in [0.5, 0.6) is 0 Å². The van der Waals surface area contributed by atoms with Crippen molar-refractivity contribution in [2.24, 2.45) is 0 Å². The molecular formula is C13H16ClN3O2S. The van der Waals surface area contributed by atoms with E-state index in [9.17, 15) is 9.90 Å². The van der Waals surface area contributed by atoms with Crippen LogP contribution in [-0.4, -0.2) is 27.3 Å². The van der Waals surface area contributed by atoms with Gasteiger partial charge in [0.2, 0.25) is 0 Å². The zero-order chi connectivity index (χ0) is 14.7. The van der Waals surface area contributed by atoms with Crippen LogP contribution in [0.25, 0.3) is 0 Å². The molecule has 20 heavy (non-hydrogen) atoms. The highest BCUT2D eigenvalue weighted by Gasteiger charge is 2.16. The summed E-state index contributed by atoms with van der Waals surface area (Å²) in [5.41, 5.74) is 1.30. The van der Waals surface area contributed by atoms with E-state index in [1.54, 1.807) is 22.9 Å². The molecule has 0 saturated carbocycles. The molecule has 0 fully saturated rings. The van der Waals surface area contributed by atoms with Gasteiger partial charge in [-0.05, 0) is 32.0 Å². The Labute approximate surface area is 126 Å². The molecule has 0 saturated heterocycles. The number of carbonyl (C=O) groups excluding carboxylic acids is 1. The van der Waals surface area contributed by atoms with Crippen molar-refractivity contribution in [3.8, 4) is 0 Å². The van der Waals surface area contributed by atoms with E-state index in [0.717, 1.165) is 10.6 Å². The molecule has 0 aliphatic heterocycles. The Kier molecular flexibility index (Phi) is 4.80. The first-order valence-corrected chi connectivity index (χ1v) is 7.46. The third kappa shape index (κ3) is 3.39. The van der Waals surface area contributed by atoms with Crippen molar-refractivity contribution in [1.82, 2.24) is 15.1 Å². The molecule has 0 spiro atoms. The van der Waals surface area contributed by atoms with Crippen molar-refractivity contribution in [3.05, 3.63) is 38.8 Å². The molecule has 5 nitrogen and oxygen atoms in total. The number of rotatable bonds is 5. The van der Waals surface area contributed by atoms with Crippen LogP contribution in [0, 0.1) is 6.92 Å². The van der Waals surface area contributed by atoms with Gasteiger partial charge in [-0.3, -0.25) is 9.48 Å². The van der Waals surface area contributed by atoms with Crippen LogP contribution >= 0.6 is 22.9 Å². The summed E-state index contributed by atoms with van der Waals surface area (Å²) in [6.45, 7) is 4.53. The fourth-order valence-corrected chi connectivity index (χ4v) is 2.90. The lowest BCUT2D eigenvalue weighted by molar-refractivity contribution is 0.0907. The van der Waals surface area contributed by atoms with E-state index in [1.807, 2.05) is 13.8 Å². The summed E-state index contributed by atoms with van der Waals surface area (Å²) >= 11 is 7.12. The molecule has 0 bridgehead atoms. The molecule has 1 unspecified atom stereocenters. The largest absolute Gasteiger partial charge is 0.386 e. The maximum atomic E-state index is 12.1. The van der Waals surface area contributed by atoms with Crippen LogP contribution in [0.4, 0.5) is 0 Å². The van der Waals surface area contributed by atoms with E-state index >= 15 is 0 Å². The average Bonchev–Trinajstić information content (AvgIpc) is 3.01. The number of thiophene rings is 1. The number of halogens is 1. The van der Waals surface area contributed by atoms with E-state index in [4.69, 9.17) is 11.6 Å². The van der Waals surface area contributed by atoms with Gasteiger partial charge in [0.05, 0.1) is 10.0 Å². The second-order valence-electron chi connectivity index (χ2n) is 4.35. The molecule has 2 aromatic rings. The van der Waals surface area contributed by atoms with Crippen LogP contribution in [-0.2, 0) is 6.54 Å². The van der Waals surface area contributed by atoms with Crippen molar-refractivity contribution in [3.63, 3.8) is 0 Å². The Bertz CT molecular complexity index is 609. The number of hydrogen-bond donors (Lipinski definition) is 2.